The SMILES string of the molecule is COCCOc1ccc(NCc2csc(C)n2)cn1. The van der Waals surface area contributed by atoms with Crippen molar-refractivity contribution in [2.24, 2.45) is 0 Å². The lowest BCUT2D eigenvalue weighted by Gasteiger charge is -2.06. The van der Waals surface area contributed by atoms with Gasteiger partial charge in [0.1, 0.15) is 6.61 Å². The lowest BCUT2D eigenvalue weighted by Crippen LogP contribution is -2.05. The Morgan fingerprint density at radius 1 is 1.32 bits per heavy atom. The van der Waals surface area contributed by atoms with E-state index in [0.29, 0.717) is 25.6 Å². The minimum absolute atomic E-state index is 0.508. The number of hydrogen-bond donors (Lipinski definition) is 1. The Morgan fingerprint density at radius 3 is 2.84 bits per heavy atom. The molecule has 6 heteroatoms. The van der Waals surface area contributed by atoms with Crippen LogP contribution in [0.4, 0.5) is 5.69 Å². The maximum Gasteiger partial charge on any atom is 0.213 e. The highest BCUT2D eigenvalue weighted by molar-refractivity contribution is 7.09. The molecule has 0 aliphatic heterocycles. The van der Waals surface area contributed by atoms with Crippen molar-refractivity contribution in [3.8, 4) is 5.88 Å². The molecule has 0 fully saturated rings. The molecule has 0 saturated carbocycles. The average Bonchev–Trinajstić information content (AvgIpc) is 2.84. The molecular weight excluding hydrogens is 262 g/mol. The van der Waals surface area contributed by atoms with Gasteiger partial charge in [0.05, 0.1) is 35.7 Å². The minimum atomic E-state index is 0.508. The first kappa shape index (κ1) is 13.8. The first-order chi connectivity index (χ1) is 9.28. The molecule has 102 valence electrons. The first-order valence-electron chi connectivity index (χ1n) is 6.00. The Hall–Kier alpha value is -1.66. The Labute approximate surface area is 116 Å². The molecule has 2 aromatic heterocycles. The van der Waals surface area contributed by atoms with Crippen molar-refractivity contribution in [2.45, 2.75) is 13.5 Å². The Balaban J connectivity index is 1.81. The molecule has 0 unspecified atom stereocenters. The van der Waals surface area contributed by atoms with Gasteiger partial charge in [-0.3, -0.25) is 0 Å². The number of nitrogens with zero attached hydrogens (tertiary/aromatic N) is 2. The van der Waals surface area contributed by atoms with Gasteiger partial charge in [0.2, 0.25) is 5.88 Å². The predicted molar refractivity (Wildman–Crippen MR) is 75.8 cm³/mol. The third kappa shape index (κ3) is 4.50. The molecule has 0 aliphatic rings. The largest absolute Gasteiger partial charge is 0.475 e. The fraction of sp³-hybridized carbons (Fsp3) is 0.385. The van der Waals surface area contributed by atoms with Crippen LogP contribution in [0, 0.1) is 6.92 Å². The van der Waals surface area contributed by atoms with Crippen molar-refractivity contribution < 1.29 is 9.47 Å². The quantitative estimate of drug-likeness (QED) is 0.789. The van der Waals surface area contributed by atoms with Gasteiger partial charge in [-0.15, -0.1) is 11.3 Å². The summed E-state index contributed by atoms with van der Waals surface area (Å²) >= 11 is 1.65. The summed E-state index contributed by atoms with van der Waals surface area (Å²) in [6, 6.07) is 3.78. The Morgan fingerprint density at radius 2 is 2.21 bits per heavy atom. The van der Waals surface area contributed by atoms with Crippen LogP contribution in [-0.2, 0) is 11.3 Å². The standard InChI is InChI=1S/C13H17N3O2S/c1-10-16-12(9-19-10)8-14-11-3-4-13(15-7-11)18-6-5-17-2/h3-4,7,9,14H,5-6,8H2,1-2H3. The molecule has 19 heavy (non-hydrogen) atoms. The van der Waals surface area contributed by atoms with Gasteiger partial charge >= 0.3 is 0 Å². The highest BCUT2D eigenvalue weighted by atomic mass is 32.1. The van der Waals surface area contributed by atoms with E-state index in [1.54, 1.807) is 24.6 Å². The van der Waals surface area contributed by atoms with E-state index in [1.165, 1.54) is 0 Å². The van der Waals surface area contributed by atoms with Gasteiger partial charge in [-0.25, -0.2) is 9.97 Å². The summed E-state index contributed by atoms with van der Waals surface area (Å²) in [7, 11) is 1.64. The van der Waals surface area contributed by atoms with Crippen LogP contribution >= 0.6 is 11.3 Å². The summed E-state index contributed by atoms with van der Waals surface area (Å²) in [5.74, 6) is 0.604. The van der Waals surface area contributed by atoms with E-state index in [0.717, 1.165) is 16.4 Å². The van der Waals surface area contributed by atoms with Crippen LogP contribution in [0.5, 0.6) is 5.88 Å². The van der Waals surface area contributed by atoms with Crippen molar-refractivity contribution in [1.29, 1.82) is 0 Å². The first-order valence-corrected chi connectivity index (χ1v) is 6.88. The van der Waals surface area contributed by atoms with E-state index in [4.69, 9.17) is 9.47 Å². The average molecular weight is 279 g/mol. The number of ether oxygens (including phenoxy) is 2. The monoisotopic (exact) mass is 279 g/mol. The molecule has 0 spiro atoms. The maximum atomic E-state index is 5.39. The summed E-state index contributed by atoms with van der Waals surface area (Å²) in [6.07, 6.45) is 1.75. The maximum absolute atomic E-state index is 5.39. The Bertz CT molecular complexity index is 499. The van der Waals surface area contributed by atoms with E-state index < -0.39 is 0 Å². The third-order valence-corrected chi connectivity index (χ3v) is 3.24. The van der Waals surface area contributed by atoms with Gasteiger partial charge in [0.25, 0.3) is 0 Å². The number of anilines is 1. The van der Waals surface area contributed by atoms with Gasteiger partial charge in [-0.1, -0.05) is 0 Å². The number of aryl methyl sites for hydroxylation is 1. The number of rotatable bonds is 7. The van der Waals surface area contributed by atoms with Crippen molar-refractivity contribution >= 4 is 17.0 Å². The summed E-state index contributed by atoms with van der Waals surface area (Å²) in [6.45, 7) is 3.77. The lowest BCUT2D eigenvalue weighted by atomic mass is 10.4. The van der Waals surface area contributed by atoms with E-state index in [1.807, 2.05) is 19.1 Å². The van der Waals surface area contributed by atoms with Gasteiger partial charge in [-0.05, 0) is 13.0 Å². The summed E-state index contributed by atoms with van der Waals surface area (Å²) in [5.41, 5.74) is 1.99. The molecule has 2 aromatic rings. The molecule has 0 aromatic carbocycles. The zero-order valence-electron chi connectivity index (χ0n) is 11.0. The third-order valence-electron chi connectivity index (χ3n) is 2.41. The second-order valence-corrected chi connectivity index (χ2v) is 5.00. The summed E-state index contributed by atoms with van der Waals surface area (Å²) in [5, 5.41) is 6.40. The summed E-state index contributed by atoms with van der Waals surface area (Å²) < 4.78 is 10.3. The number of aromatic nitrogens is 2. The van der Waals surface area contributed by atoms with Crippen LogP contribution in [0.25, 0.3) is 0 Å². The van der Waals surface area contributed by atoms with Crippen molar-refractivity contribution in [3.05, 3.63) is 34.4 Å². The van der Waals surface area contributed by atoms with Crippen LogP contribution < -0.4 is 10.1 Å². The Kier molecular flexibility index (Phi) is 5.11. The van der Waals surface area contributed by atoms with E-state index in [9.17, 15) is 0 Å². The molecular formula is C13H17N3O2S. The molecule has 2 rings (SSSR count). The zero-order chi connectivity index (χ0) is 13.5. The predicted octanol–water partition coefficient (Wildman–Crippen LogP) is 2.48. The number of nitrogens with one attached hydrogen (secondary N) is 1. The smallest absolute Gasteiger partial charge is 0.213 e. The molecule has 0 saturated heterocycles. The van der Waals surface area contributed by atoms with Crippen molar-refractivity contribution in [3.63, 3.8) is 0 Å². The van der Waals surface area contributed by atoms with Crippen LogP contribution in [0.1, 0.15) is 10.7 Å². The van der Waals surface area contributed by atoms with Gasteiger partial charge in [0.15, 0.2) is 0 Å². The number of methoxy groups -OCH3 is 1. The van der Waals surface area contributed by atoms with Crippen molar-refractivity contribution in [2.75, 3.05) is 25.6 Å². The minimum Gasteiger partial charge on any atom is -0.475 e. The van der Waals surface area contributed by atoms with E-state index >= 15 is 0 Å². The number of thiazole rings is 1. The summed E-state index contributed by atoms with van der Waals surface area (Å²) in [4.78, 5) is 8.60. The molecule has 0 atom stereocenters. The molecule has 0 radical (unpaired) electrons. The highest BCUT2D eigenvalue weighted by Crippen LogP contribution is 2.14. The normalized spacial score (nSPS) is 10.4. The topological polar surface area (TPSA) is 56.3 Å². The highest BCUT2D eigenvalue weighted by Gasteiger charge is 2.00. The molecule has 0 bridgehead atoms. The molecule has 2 heterocycles. The van der Waals surface area contributed by atoms with Gasteiger partial charge in [-0.2, -0.15) is 0 Å². The van der Waals surface area contributed by atoms with E-state index in [2.05, 4.69) is 20.7 Å². The van der Waals surface area contributed by atoms with Crippen LogP contribution in [0.3, 0.4) is 0 Å². The number of pyridine rings is 1. The number of hydrogen-bond acceptors (Lipinski definition) is 6. The fourth-order valence-electron chi connectivity index (χ4n) is 1.48. The van der Waals surface area contributed by atoms with Crippen LogP contribution in [0.2, 0.25) is 0 Å². The second kappa shape index (κ2) is 7.06. The fourth-order valence-corrected chi connectivity index (χ4v) is 2.09. The lowest BCUT2D eigenvalue weighted by molar-refractivity contribution is 0.144. The molecule has 0 aliphatic carbocycles. The van der Waals surface area contributed by atoms with E-state index in [-0.39, 0.29) is 0 Å². The molecule has 1 N–H and O–H groups in total. The second-order valence-electron chi connectivity index (χ2n) is 3.94. The van der Waals surface area contributed by atoms with Crippen molar-refractivity contribution in [1.82, 2.24) is 9.97 Å². The molecule has 0 amide bonds. The van der Waals surface area contributed by atoms with Gasteiger partial charge < -0.3 is 14.8 Å². The van der Waals surface area contributed by atoms with Gasteiger partial charge in [0, 0.05) is 18.6 Å². The van der Waals surface area contributed by atoms with Crippen LogP contribution in [-0.4, -0.2) is 30.3 Å². The zero-order valence-corrected chi connectivity index (χ0v) is 11.9. The van der Waals surface area contributed by atoms with Crippen LogP contribution in [0.15, 0.2) is 23.7 Å². The molecule has 5 nitrogen and oxygen atoms in total.